The largest absolute Gasteiger partial charge is 0.481 e. The molecule has 0 aromatic carbocycles. The van der Waals surface area contributed by atoms with Crippen LogP contribution in [0.3, 0.4) is 0 Å². The van der Waals surface area contributed by atoms with Crippen LogP contribution in [0.2, 0.25) is 0 Å². The van der Waals surface area contributed by atoms with Crippen LogP contribution >= 0.6 is 0 Å². The topological polar surface area (TPSA) is 187 Å². The number of methoxy groups -OCH3 is 3. The first-order valence-corrected chi connectivity index (χ1v) is 12.6. The van der Waals surface area contributed by atoms with E-state index in [1.807, 2.05) is 0 Å². The molecule has 1 amide bonds. The lowest BCUT2D eigenvalue weighted by Gasteiger charge is -2.36. The summed E-state index contributed by atoms with van der Waals surface area (Å²) in [6, 6.07) is 7.22. The lowest BCUT2D eigenvalue weighted by atomic mass is 10.2. The highest BCUT2D eigenvalue weighted by molar-refractivity contribution is 7.90. The molecule has 15 heteroatoms. The number of nitrogens with two attached hydrogens (primary N) is 1. The van der Waals surface area contributed by atoms with Gasteiger partial charge >= 0.3 is 0 Å². The van der Waals surface area contributed by atoms with Crippen LogP contribution in [0.15, 0.2) is 48.9 Å². The molecule has 3 rings (SSSR count). The van der Waals surface area contributed by atoms with Gasteiger partial charge in [0, 0.05) is 31.8 Å². The van der Waals surface area contributed by atoms with E-state index < -0.39 is 33.2 Å². The summed E-state index contributed by atoms with van der Waals surface area (Å²) >= 11 is 0. The lowest BCUT2D eigenvalue weighted by Crippen LogP contribution is -2.58. The minimum absolute atomic E-state index is 0.0870. The van der Waals surface area contributed by atoms with Crippen LogP contribution in [0.1, 0.15) is 34.9 Å². The van der Waals surface area contributed by atoms with E-state index in [-0.39, 0.29) is 29.0 Å². The summed E-state index contributed by atoms with van der Waals surface area (Å²) in [5.41, 5.74) is 6.27. The molecule has 3 aromatic heterocycles. The van der Waals surface area contributed by atoms with E-state index in [1.54, 1.807) is 6.92 Å². The van der Waals surface area contributed by atoms with Gasteiger partial charge in [-0.15, -0.1) is 4.41 Å². The first-order chi connectivity index (χ1) is 18.1. The number of carbonyl (C=O) groups is 1. The third-order valence-electron chi connectivity index (χ3n) is 5.35. The molecular formula is C23H28N8O6S. The molecule has 0 saturated heterocycles. The highest BCUT2D eigenvalue weighted by Crippen LogP contribution is 2.33. The molecule has 14 nitrogen and oxygen atoms in total. The summed E-state index contributed by atoms with van der Waals surface area (Å²) in [5, 5.41) is 7.46. The van der Waals surface area contributed by atoms with Gasteiger partial charge in [-0.05, 0) is 37.6 Å². The van der Waals surface area contributed by atoms with Crippen molar-refractivity contribution in [3.8, 4) is 11.8 Å². The number of amides is 1. The van der Waals surface area contributed by atoms with Crippen LogP contribution in [-0.2, 0) is 14.8 Å². The molecule has 0 aliphatic rings. The maximum absolute atomic E-state index is 14.1. The van der Waals surface area contributed by atoms with Gasteiger partial charge in [-0.25, -0.2) is 28.4 Å². The maximum Gasteiger partial charge on any atom is 0.297 e. The van der Waals surface area contributed by atoms with Crippen molar-refractivity contribution in [1.29, 1.82) is 5.41 Å². The summed E-state index contributed by atoms with van der Waals surface area (Å²) in [6.07, 6.45) is 3.24. The van der Waals surface area contributed by atoms with Gasteiger partial charge in [0.2, 0.25) is 17.7 Å². The number of sulfonamides is 1. The minimum Gasteiger partial charge on any atom is -0.481 e. The molecule has 0 saturated carbocycles. The lowest BCUT2D eigenvalue weighted by molar-refractivity contribution is 0.0912. The monoisotopic (exact) mass is 544 g/mol. The van der Waals surface area contributed by atoms with E-state index in [0.717, 1.165) is 5.56 Å². The number of guanidine groups is 1. The van der Waals surface area contributed by atoms with E-state index >= 15 is 0 Å². The molecular weight excluding hydrogens is 516 g/mol. The summed E-state index contributed by atoms with van der Waals surface area (Å²) in [7, 11) is -0.712. The smallest absolute Gasteiger partial charge is 0.297 e. The molecule has 0 aliphatic heterocycles. The van der Waals surface area contributed by atoms with Crippen LogP contribution in [0.4, 0.5) is 5.69 Å². The van der Waals surface area contributed by atoms with Gasteiger partial charge in [0.05, 0.1) is 14.2 Å². The van der Waals surface area contributed by atoms with Gasteiger partial charge in [-0.1, -0.05) is 6.07 Å². The van der Waals surface area contributed by atoms with Gasteiger partial charge in [0.25, 0.3) is 15.9 Å². The Kier molecular flexibility index (Phi) is 8.75. The van der Waals surface area contributed by atoms with Crippen LogP contribution in [0.25, 0.3) is 0 Å². The highest BCUT2D eigenvalue weighted by Gasteiger charge is 2.44. The van der Waals surface area contributed by atoms with E-state index in [4.69, 9.17) is 25.4 Å². The SMILES string of the molecule is COc1cccc(C(=O)N(c2cccnc2OC)N(C(=N)N)S(=O)(=O)[C@@H](C)[C@H](OC)c2ncc(C)cn2)n1. The molecule has 3 heterocycles. The number of aromatic nitrogens is 4. The Hall–Kier alpha value is -4.37. The summed E-state index contributed by atoms with van der Waals surface area (Å²) in [5.74, 6) is -1.86. The van der Waals surface area contributed by atoms with Crippen LogP contribution in [-0.4, -0.2) is 71.2 Å². The molecule has 0 aliphatic carbocycles. The van der Waals surface area contributed by atoms with Crippen molar-refractivity contribution < 1.29 is 27.4 Å². The van der Waals surface area contributed by atoms with Gasteiger partial charge in [0.15, 0.2) is 5.82 Å². The average Bonchev–Trinajstić information content (AvgIpc) is 2.92. The number of hydrazine groups is 1. The number of hydrogen-bond donors (Lipinski definition) is 2. The fourth-order valence-corrected chi connectivity index (χ4v) is 5.00. The number of carbonyl (C=O) groups excluding carboxylic acids is 1. The number of ether oxygens (including phenoxy) is 3. The van der Waals surface area contributed by atoms with Crippen molar-refractivity contribution in [2.24, 2.45) is 5.73 Å². The number of nitrogens with one attached hydrogen (secondary N) is 1. The Morgan fingerprint density at radius 2 is 1.74 bits per heavy atom. The molecule has 0 radical (unpaired) electrons. The Labute approximate surface area is 219 Å². The second kappa shape index (κ2) is 11.8. The highest BCUT2D eigenvalue weighted by atomic mass is 32.2. The Morgan fingerprint density at radius 3 is 2.32 bits per heavy atom. The summed E-state index contributed by atoms with van der Waals surface area (Å²) in [4.78, 5) is 30.4. The van der Waals surface area contributed by atoms with Crippen molar-refractivity contribution in [1.82, 2.24) is 24.4 Å². The number of rotatable bonds is 9. The quantitative estimate of drug-likeness (QED) is 0.225. The molecule has 0 bridgehead atoms. The molecule has 0 fully saturated rings. The normalized spacial score (nSPS) is 12.8. The van der Waals surface area contributed by atoms with Gasteiger partial charge < -0.3 is 19.9 Å². The van der Waals surface area contributed by atoms with Crippen molar-refractivity contribution >= 4 is 27.6 Å². The van der Waals surface area contributed by atoms with Crippen LogP contribution in [0.5, 0.6) is 11.8 Å². The van der Waals surface area contributed by atoms with Crippen molar-refractivity contribution in [3.63, 3.8) is 0 Å². The maximum atomic E-state index is 14.1. The number of hydrogen-bond acceptors (Lipinski definition) is 11. The third-order valence-corrected chi connectivity index (χ3v) is 7.38. The Balaban J connectivity index is 2.21. The van der Waals surface area contributed by atoms with Gasteiger partial charge in [0.1, 0.15) is 22.7 Å². The zero-order valence-corrected chi connectivity index (χ0v) is 22.2. The van der Waals surface area contributed by atoms with Crippen molar-refractivity contribution in [2.75, 3.05) is 26.3 Å². The molecule has 2 atom stereocenters. The predicted octanol–water partition coefficient (Wildman–Crippen LogP) is 1.46. The molecule has 0 unspecified atom stereocenters. The van der Waals surface area contributed by atoms with Crippen LogP contribution in [0, 0.1) is 12.3 Å². The zero-order chi connectivity index (χ0) is 28.0. The molecule has 0 spiro atoms. The molecule has 202 valence electrons. The van der Waals surface area contributed by atoms with E-state index in [0.29, 0.717) is 9.42 Å². The Morgan fingerprint density at radius 1 is 1.05 bits per heavy atom. The average molecular weight is 545 g/mol. The molecule has 3 aromatic rings. The minimum atomic E-state index is -4.67. The second-order valence-corrected chi connectivity index (χ2v) is 9.99. The third kappa shape index (κ3) is 5.63. The first kappa shape index (κ1) is 28.2. The molecule has 3 N–H and O–H groups in total. The fraction of sp³-hybridized carbons (Fsp3) is 0.304. The number of nitrogens with zero attached hydrogens (tertiary/aromatic N) is 6. The zero-order valence-electron chi connectivity index (χ0n) is 21.4. The van der Waals surface area contributed by atoms with Gasteiger partial charge in [-0.2, -0.15) is 5.01 Å². The first-order valence-electron chi connectivity index (χ1n) is 11.1. The number of anilines is 1. The number of pyridine rings is 2. The predicted molar refractivity (Wildman–Crippen MR) is 137 cm³/mol. The molecule has 38 heavy (non-hydrogen) atoms. The van der Waals surface area contributed by atoms with Crippen molar-refractivity contribution in [3.05, 3.63) is 66.0 Å². The second-order valence-electron chi connectivity index (χ2n) is 7.87. The van der Waals surface area contributed by atoms with E-state index in [9.17, 15) is 13.2 Å². The van der Waals surface area contributed by atoms with Crippen LogP contribution < -0.4 is 20.2 Å². The van der Waals surface area contributed by atoms with Gasteiger partial charge in [-0.3, -0.25) is 10.2 Å². The Bertz CT molecular complexity index is 1400. The summed E-state index contributed by atoms with van der Waals surface area (Å²) in [6.45, 7) is 3.11. The van der Waals surface area contributed by atoms with E-state index in [2.05, 4.69) is 19.9 Å². The van der Waals surface area contributed by atoms with Crippen molar-refractivity contribution in [2.45, 2.75) is 25.2 Å². The standard InChI is InChI=1S/C23H28N8O6S/c1-14-12-27-20(28-13-14)19(36-4)15(2)38(33,34)31(23(24)25)30(17-9-7-11-26-21(17)37-5)22(32)16-8-6-10-18(29-16)35-3/h6-13,15,19H,1-5H3,(H3,24,25)/t15-,19-/m0/s1. The number of aryl methyl sites for hydroxylation is 1. The fourth-order valence-electron chi connectivity index (χ4n) is 3.48. The summed E-state index contributed by atoms with van der Waals surface area (Å²) < 4.78 is 44.3. The van der Waals surface area contributed by atoms with E-state index in [1.165, 1.54) is 77.2 Å².